The highest BCUT2D eigenvalue weighted by Gasteiger charge is 2.12. The lowest BCUT2D eigenvalue weighted by Gasteiger charge is -2.15. The average Bonchev–Trinajstić information content (AvgIpc) is 3.13. The molecule has 0 aliphatic rings. The number of methoxy groups -OCH3 is 1. The number of nitriles is 1. The fourth-order valence-corrected chi connectivity index (χ4v) is 3.10. The predicted molar refractivity (Wildman–Crippen MR) is 120 cm³/mol. The molecule has 7 nitrogen and oxygen atoms in total. The van der Waals surface area contributed by atoms with Crippen LogP contribution in [0.5, 0.6) is 11.5 Å². The number of amides is 1. The van der Waals surface area contributed by atoms with Gasteiger partial charge >= 0.3 is 0 Å². The Kier molecular flexibility index (Phi) is 7.29. The molecule has 0 unspecified atom stereocenters. The van der Waals surface area contributed by atoms with Crippen LogP contribution >= 0.6 is 0 Å². The number of rotatable bonds is 8. The second kappa shape index (κ2) is 10.3. The maximum atomic E-state index is 12.5. The monoisotopic (exact) mass is 431 g/mol. The molecule has 3 rings (SSSR count). The molecular weight excluding hydrogens is 406 g/mol. The summed E-state index contributed by atoms with van der Waals surface area (Å²) in [6.45, 7) is 4.49. The lowest BCUT2D eigenvalue weighted by atomic mass is 10.1. The van der Waals surface area contributed by atoms with Gasteiger partial charge in [-0.1, -0.05) is 23.4 Å². The molecular formula is C25H25N3O4. The van der Waals surface area contributed by atoms with E-state index in [0.717, 1.165) is 28.1 Å². The van der Waals surface area contributed by atoms with Gasteiger partial charge in [-0.25, -0.2) is 0 Å². The van der Waals surface area contributed by atoms with Crippen molar-refractivity contribution >= 4 is 12.0 Å². The van der Waals surface area contributed by atoms with Gasteiger partial charge in [0.15, 0.2) is 11.5 Å². The summed E-state index contributed by atoms with van der Waals surface area (Å²) < 4.78 is 16.5. The molecule has 32 heavy (non-hydrogen) atoms. The summed E-state index contributed by atoms with van der Waals surface area (Å²) in [7, 11) is 3.30. The van der Waals surface area contributed by atoms with Crippen LogP contribution in [0, 0.1) is 25.2 Å². The smallest absolute Gasteiger partial charge is 0.246 e. The van der Waals surface area contributed by atoms with Crippen LogP contribution in [0.3, 0.4) is 0 Å². The molecule has 2 aromatic carbocycles. The molecule has 0 fully saturated rings. The Hall–Kier alpha value is -4.05. The SMILES string of the molecule is COc1cc(/C=C/C(=O)N(C)Cc2ccc(C#N)cc2)ccc1OCc1c(C)noc1C. The minimum Gasteiger partial charge on any atom is -0.493 e. The van der Waals surface area contributed by atoms with Crippen molar-refractivity contribution in [1.82, 2.24) is 10.1 Å². The van der Waals surface area contributed by atoms with Crippen molar-refractivity contribution in [3.05, 3.63) is 82.2 Å². The number of benzene rings is 2. The van der Waals surface area contributed by atoms with Gasteiger partial charge in [0.25, 0.3) is 0 Å². The molecule has 0 spiro atoms. The fourth-order valence-electron chi connectivity index (χ4n) is 3.10. The van der Waals surface area contributed by atoms with Crippen LogP contribution in [0.15, 0.2) is 53.1 Å². The fraction of sp³-hybridized carbons (Fsp3) is 0.240. The second-order valence-corrected chi connectivity index (χ2v) is 7.34. The summed E-state index contributed by atoms with van der Waals surface area (Å²) in [4.78, 5) is 14.1. The number of nitrogens with zero attached hydrogens (tertiary/aromatic N) is 3. The summed E-state index contributed by atoms with van der Waals surface area (Å²) in [5, 5.41) is 12.8. The van der Waals surface area contributed by atoms with Crippen molar-refractivity contribution in [3.8, 4) is 17.6 Å². The normalized spacial score (nSPS) is 10.7. The van der Waals surface area contributed by atoms with E-state index >= 15 is 0 Å². The molecule has 0 radical (unpaired) electrons. The lowest BCUT2D eigenvalue weighted by molar-refractivity contribution is -0.125. The first kappa shape index (κ1) is 22.6. The molecule has 0 aliphatic heterocycles. The van der Waals surface area contributed by atoms with Crippen LogP contribution in [0.1, 0.15) is 33.7 Å². The Bertz CT molecular complexity index is 1140. The first-order chi connectivity index (χ1) is 15.4. The second-order valence-electron chi connectivity index (χ2n) is 7.34. The largest absolute Gasteiger partial charge is 0.493 e. The van der Waals surface area contributed by atoms with E-state index in [0.29, 0.717) is 30.2 Å². The van der Waals surface area contributed by atoms with Crippen molar-refractivity contribution in [1.29, 1.82) is 5.26 Å². The molecule has 7 heteroatoms. The third-order valence-electron chi connectivity index (χ3n) is 5.04. The maximum Gasteiger partial charge on any atom is 0.246 e. The molecule has 0 saturated carbocycles. The van der Waals surface area contributed by atoms with Gasteiger partial charge in [-0.3, -0.25) is 4.79 Å². The van der Waals surface area contributed by atoms with Crippen LogP contribution in [0.25, 0.3) is 6.08 Å². The molecule has 0 bridgehead atoms. The number of likely N-dealkylation sites (N-methyl/N-ethyl adjacent to an activating group) is 1. The van der Waals surface area contributed by atoms with Gasteiger partial charge in [0.2, 0.25) is 5.91 Å². The van der Waals surface area contributed by atoms with Crippen LogP contribution in [0.4, 0.5) is 0 Å². The molecule has 0 N–H and O–H groups in total. The van der Waals surface area contributed by atoms with Gasteiger partial charge in [0.05, 0.1) is 30.0 Å². The van der Waals surface area contributed by atoms with Crippen molar-refractivity contribution in [2.24, 2.45) is 0 Å². The maximum absolute atomic E-state index is 12.5. The zero-order valence-electron chi connectivity index (χ0n) is 18.6. The Balaban J connectivity index is 1.63. The van der Waals surface area contributed by atoms with E-state index in [1.54, 1.807) is 37.3 Å². The van der Waals surface area contributed by atoms with Gasteiger partial charge in [-0.15, -0.1) is 0 Å². The van der Waals surface area contributed by atoms with Crippen molar-refractivity contribution in [2.45, 2.75) is 27.0 Å². The predicted octanol–water partition coefficient (Wildman–Crippen LogP) is 4.42. The van der Waals surface area contributed by atoms with E-state index < -0.39 is 0 Å². The molecule has 1 amide bonds. The third kappa shape index (κ3) is 5.55. The van der Waals surface area contributed by atoms with Gasteiger partial charge < -0.3 is 18.9 Å². The van der Waals surface area contributed by atoms with Crippen LogP contribution in [-0.2, 0) is 17.9 Å². The van der Waals surface area contributed by atoms with Crippen LogP contribution < -0.4 is 9.47 Å². The highest BCUT2D eigenvalue weighted by atomic mass is 16.5. The van der Waals surface area contributed by atoms with E-state index in [-0.39, 0.29) is 5.91 Å². The van der Waals surface area contributed by atoms with Crippen molar-refractivity contribution in [2.75, 3.05) is 14.2 Å². The standard InChI is InChI=1S/C25H25N3O4/c1-17-22(18(2)32-27-17)16-31-23-11-9-19(13-24(23)30-4)10-12-25(29)28(3)15-21-7-5-20(14-26)6-8-21/h5-13H,15-16H2,1-4H3/b12-10+. The summed E-state index contributed by atoms with van der Waals surface area (Å²) in [5.41, 5.74) is 4.06. The first-order valence-electron chi connectivity index (χ1n) is 10.1. The number of hydrogen-bond acceptors (Lipinski definition) is 6. The molecule has 1 heterocycles. The molecule has 1 aromatic heterocycles. The zero-order chi connectivity index (χ0) is 23.1. The van der Waals surface area contributed by atoms with Crippen molar-refractivity contribution in [3.63, 3.8) is 0 Å². The topological polar surface area (TPSA) is 88.6 Å². The molecule has 0 saturated heterocycles. The van der Waals surface area contributed by atoms with Gasteiger partial charge in [-0.05, 0) is 55.3 Å². The average molecular weight is 431 g/mol. The van der Waals surface area contributed by atoms with E-state index in [1.807, 2.05) is 44.2 Å². The lowest BCUT2D eigenvalue weighted by Crippen LogP contribution is -2.24. The van der Waals surface area contributed by atoms with E-state index in [4.69, 9.17) is 19.3 Å². The summed E-state index contributed by atoms with van der Waals surface area (Å²) in [5.74, 6) is 1.75. The van der Waals surface area contributed by atoms with E-state index in [9.17, 15) is 4.79 Å². The summed E-state index contributed by atoms with van der Waals surface area (Å²) in [6.07, 6.45) is 3.25. The summed E-state index contributed by atoms with van der Waals surface area (Å²) in [6, 6.07) is 14.7. The number of carbonyl (C=O) groups is 1. The molecule has 164 valence electrons. The first-order valence-corrected chi connectivity index (χ1v) is 10.1. The van der Waals surface area contributed by atoms with E-state index in [2.05, 4.69) is 11.2 Å². The number of carbonyl (C=O) groups excluding carboxylic acids is 1. The Labute approximate surface area is 187 Å². The minimum absolute atomic E-state index is 0.132. The Morgan fingerprint density at radius 2 is 1.94 bits per heavy atom. The number of hydrogen-bond donors (Lipinski definition) is 0. The minimum atomic E-state index is -0.132. The zero-order valence-corrected chi connectivity index (χ0v) is 18.6. The summed E-state index contributed by atoms with van der Waals surface area (Å²) >= 11 is 0. The molecule has 0 aliphatic carbocycles. The van der Waals surface area contributed by atoms with Crippen molar-refractivity contribution < 1.29 is 18.8 Å². The quantitative estimate of drug-likeness (QED) is 0.491. The Morgan fingerprint density at radius 3 is 2.56 bits per heavy atom. The highest BCUT2D eigenvalue weighted by Crippen LogP contribution is 2.30. The molecule has 3 aromatic rings. The van der Waals surface area contributed by atoms with Gasteiger partial charge in [-0.2, -0.15) is 5.26 Å². The van der Waals surface area contributed by atoms with Gasteiger partial charge in [0, 0.05) is 19.7 Å². The van der Waals surface area contributed by atoms with E-state index in [1.165, 1.54) is 6.08 Å². The highest BCUT2D eigenvalue weighted by molar-refractivity contribution is 5.91. The number of aryl methyl sites for hydroxylation is 2. The van der Waals surface area contributed by atoms with Gasteiger partial charge in [0.1, 0.15) is 12.4 Å². The number of aromatic nitrogens is 1. The molecule has 0 atom stereocenters. The third-order valence-corrected chi connectivity index (χ3v) is 5.04. The van der Waals surface area contributed by atoms with Crippen LogP contribution in [0.2, 0.25) is 0 Å². The number of ether oxygens (including phenoxy) is 2. The van der Waals surface area contributed by atoms with Crippen LogP contribution in [-0.4, -0.2) is 30.1 Å². The Morgan fingerprint density at radius 1 is 1.19 bits per heavy atom.